The van der Waals surface area contributed by atoms with Gasteiger partial charge in [0.05, 0.1) is 11.7 Å². The van der Waals surface area contributed by atoms with Crippen LogP contribution in [0.5, 0.6) is 0 Å². The van der Waals surface area contributed by atoms with Crippen molar-refractivity contribution in [1.82, 2.24) is 25.0 Å². The summed E-state index contributed by atoms with van der Waals surface area (Å²) in [6, 6.07) is 7.50. The molecule has 0 aliphatic heterocycles. The Balaban J connectivity index is 2.28. The predicted molar refractivity (Wildman–Crippen MR) is 54.5 cm³/mol. The van der Waals surface area contributed by atoms with Crippen LogP contribution in [-0.2, 0) is 0 Å². The molecular formula is C10H7N5. The second-order valence-corrected chi connectivity index (χ2v) is 3.05. The molecule has 0 N–H and O–H groups in total. The van der Waals surface area contributed by atoms with Gasteiger partial charge in [0.15, 0.2) is 5.82 Å². The summed E-state index contributed by atoms with van der Waals surface area (Å²) in [6.07, 6.45) is 5.09. The van der Waals surface area contributed by atoms with E-state index in [1.807, 2.05) is 24.3 Å². The molecule has 0 radical (unpaired) electrons. The van der Waals surface area contributed by atoms with Crippen LogP contribution in [0.1, 0.15) is 0 Å². The number of hydrogen-bond acceptors (Lipinski definition) is 4. The highest BCUT2D eigenvalue weighted by Crippen LogP contribution is 2.13. The predicted octanol–water partition coefficient (Wildman–Crippen LogP) is 1.21. The summed E-state index contributed by atoms with van der Waals surface area (Å²) >= 11 is 0. The van der Waals surface area contributed by atoms with Crippen LogP contribution in [0.25, 0.3) is 16.9 Å². The van der Waals surface area contributed by atoms with Crippen molar-refractivity contribution in [2.75, 3.05) is 0 Å². The Kier molecular flexibility index (Phi) is 1.68. The van der Waals surface area contributed by atoms with Crippen molar-refractivity contribution in [3.8, 4) is 5.82 Å². The van der Waals surface area contributed by atoms with E-state index in [2.05, 4.69) is 20.3 Å². The molecule has 0 atom stereocenters. The lowest BCUT2D eigenvalue weighted by Gasteiger charge is -1.99. The van der Waals surface area contributed by atoms with Crippen LogP contribution in [0.15, 0.2) is 42.9 Å². The highest BCUT2D eigenvalue weighted by molar-refractivity contribution is 5.75. The molecule has 0 aliphatic carbocycles. The van der Waals surface area contributed by atoms with Gasteiger partial charge in [0.2, 0.25) is 0 Å². The molecule has 0 saturated carbocycles. The van der Waals surface area contributed by atoms with E-state index < -0.39 is 0 Å². The number of nitrogens with zero attached hydrogens (tertiary/aromatic N) is 5. The Bertz CT molecular complexity index is 587. The number of fused-ring (bicyclic) bond motifs is 1. The van der Waals surface area contributed by atoms with Crippen molar-refractivity contribution in [2.24, 2.45) is 0 Å². The number of aromatic nitrogens is 5. The van der Waals surface area contributed by atoms with Crippen molar-refractivity contribution in [1.29, 1.82) is 0 Å². The highest BCUT2D eigenvalue weighted by Gasteiger charge is 2.04. The summed E-state index contributed by atoms with van der Waals surface area (Å²) in [7, 11) is 0. The number of pyridine rings is 1. The van der Waals surface area contributed by atoms with Gasteiger partial charge in [-0.2, -0.15) is 10.2 Å². The molecule has 5 heteroatoms. The minimum atomic E-state index is 0.695. The molecule has 0 aromatic carbocycles. The third-order valence-corrected chi connectivity index (χ3v) is 2.12. The zero-order chi connectivity index (χ0) is 10.1. The van der Waals surface area contributed by atoms with E-state index in [9.17, 15) is 0 Å². The van der Waals surface area contributed by atoms with E-state index in [1.165, 1.54) is 0 Å². The van der Waals surface area contributed by atoms with Gasteiger partial charge < -0.3 is 0 Å². The van der Waals surface area contributed by atoms with Crippen molar-refractivity contribution < 1.29 is 0 Å². The molecule has 0 spiro atoms. The summed E-state index contributed by atoms with van der Waals surface area (Å²) in [6.45, 7) is 0. The van der Waals surface area contributed by atoms with Crippen LogP contribution in [0.2, 0.25) is 0 Å². The van der Waals surface area contributed by atoms with Crippen molar-refractivity contribution >= 4 is 11.0 Å². The Labute approximate surface area is 85.4 Å². The van der Waals surface area contributed by atoms with E-state index in [0.717, 1.165) is 11.0 Å². The molecule has 0 bridgehead atoms. The second-order valence-electron chi connectivity index (χ2n) is 3.05. The van der Waals surface area contributed by atoms with E-state index in [4.69, 9.17) is 0 Å². The molecule has 0 fully saturated rings. The zero-order valence-electron chi connectivity index (χ0n) is 7.78. The number of hydrogen-bond donors (Lipinski definition) is 0. The topological polar surface area (TPSA) is 56.5 Å². The largest absolute Gasteiger partial charge is 0.253 e. The van der Waals surface area contributed by atoms with Gasteiger partial charge in [0, 0.05) is 12.4 Å². The summed E-state index contributed by atoms with van der Waals surface area (Å²) in [5, 5.41) is 12.0. The molecular weight excluding hydrogens is 190 g/mol. The molecule has 5 nitrogen and oxygen atoms in total. The Morgan fingerprint density at radius 2 is 2.00 bits per heavy atom. The van der Waals surface area contributed by atoms with Crippen molar-refractivity contribution in [2.45, 2.75) is 0 Å². The van der Waals surface area contributed by atoms with E-state index >= 15 is 0 Å². The Morgan fingerprint density at radius 1 is 1.07 bits per heavy atom. The fourth-order valence-corrected chi connectivity index (χ4v) is 1.45. The third-order valence-electron chi connectivity index (χ3n) is 2.12. The van der Waals surface area contributed by atoms with Gasteiger partial charge >= 0.3 is 0 Å². The molecule has 72 valence electrons. The first-order valence-corrected chi connectivity index (χ1v) is 4.52. The Morgan fingerprint density at radius 3 is 2.87 bits per heavy atom. The molecule has 3 aromatic heterocycles. The van der Waals surface area contributed by atoms with Crippen LogP contribution in [0.4, 0.5) is 0 Å². The first-order chi connectivity index (χ1) is 7.45. The minimum absolute atomic E-state index is 0.695. The maximum absolute atomic E-state index is 4.22. The van der Waals surface area contributed by atoms with E-state index in [1.54, 1.807) is 23.3 Å². The molecule has 0 unspecified atom stereocenters. The van der Waals surface area contributed by atoms with Crippen LogP contribution in [0, 0.1) is 0 Å². The van der Waals surface area contributed by atoms with Crippen molar-refractivity contribution in [3.05, 3.63) is 42.9 Å². The van der Waals surface area contributed by atoms with Gasteiger partial charge in [-0.15, -0.1) is 5.10 Å². The first kappa shape index (κ1) is 8.05. The summed E-state index contributed by atoms with van der Waals surface area (Å²) < 4.78 is 1.72. The van der Waals surface area contributed by atoms with E-state index in [-0.39, 0.29) is 0 Å². The van der Waals surface area contributed by atoms with Crippen LogP contribution >= 0.6 is 0 Å². The number of rotatable bonds is 1. The SMILES string of the molecule is c1cnnc(-n2ncc3ncccc32)c1. The smallest absolute Gasteiger partial charge is 0.176 e. The standard InChI is InChI=1S/C10H7N5/c1-3-9-8(11-5-1)7-13-15(9)10-4-2-6-12-14-10/h1-7H. The summed E-state index contributed by atoms with van der Waals surface area (Å²) in [5.74, 6) is 0.695. The first-order valence-electron chi connectivity index (χ1n) is 4.52. The summed E-state index contributed by atoms with van der Waals surface area (Å²) in [5.41, 5.74) is 1.78. The maximum atomic E-state index is 4.22. The maximum Gasteiger partial charge on any atom is 0.176 e. The molecule has 3 rings (SSSR count). The monoisotopic (exact) mass is 197 g/mol. The van der Waals surface area contributed by atoms with Crippen LogP contribution < -0.4 is 0 Å². The lowest BCUT2D eigenvalue weighted by Crippen LogP contribution is -1.99. The van der Waals surface area contributed by atoms with Crippen molar-refractivity contribution in [3.63, 3.8) is 0 Å². The quantitative estimate of drug-likeness (QED) is 0.588. The van der Waals surface area contributed by atoms with Gasteiger partial charge in [0.1, 0.15) is 5.52 Å². The normalized spacial score (nSPS) is 10.7. The second kappa shape index (κ2) is 3.13. The van der Waals surface area contributed by atoms with E-state index in [0.29, 0.717) is 5.82 Å². The van der Waals surface area contributed by atoms with Gasteiger partial charge in [0.25, 0.3) is 0 Å². The zero-order valence-corrected chi connectivity index (χ0v) is 7.78. The van der Waals surface area contributed by atoms with Crippen LogP contribution in [-0.4, -0.2) is 25.0 Å². The molecule has 0 saturated heterocycles. The average molecular weight is 197 g/mol. The van der Waals surface area contributed by atoms with Gasteiger partial charge in [-0.1, -0.05) is 0 Å². The fraction of sp³-hybridized carbons (Fsp3) is 0. The fourth-order valence-electron chi connectivity index (χ4n) is 1.45. The molecule has 0 aliphatic rings. The molecule has 15 heavy (non-hydrogen) atoms. The lowest BCUT2D eigenvalue weighted by atomic mass is 10.4. The average Bonchev–Trinajstić information content (AvgIpc) is 2.74. The highest BCUT2D eigenvalue weighted by atomic mass is 15.3. The van der Waals surface area contributed by atoms with Gasteiger partial charge in [-0.25, -0.2) is 4.68 Å². The molecule has 3 heterocycles. The molecule has 3 aromatic rings. The van der Waals surface area contributed by atoms with Gasteiger partial charge in [-0.05, 0) is 24.3 Å². The molecule has 0 amide bonds. The van der Waals surface area contributed by atoms with Crippen LogP contribution in [0.3, 0.4) is 0 Å². The Hall–Kier alpha value is -2.30. The van der Waals surface area contributed by atoms with Gasteiger partial charge in [-0.3, -0.25) is 4.98 Å². The lowest BCUT2D eigenvalue weighted by molar-refractivity contribution is 0.836. The minimum Gasteiger partial charge on any atom is -0.253 e. The summed E-state index contributed by atoms with van der Waals surface area (Å²) in [4.78, 5) is 4.20. The third kappa shape index (κ3) is 1.25.